The van der Waals surface area contributed by atoms with Crippen LogP contribution >= 0.6 is 0 Å². The van der Waals surface area contributed by atoms with Gasteiger partial charge < -0.3 is 5.73 Å². The minimum atomic E-state index is 0.395. The van der Waals surface area contributed by atoms with Crippen molar-refractivity contribution in [1.82, 2.24) is 14.9 Å². The monoisotopic (exact) mass is 248 g/mol. The number of nitrogens with zero attached hydrogens (tertiary/aromatic N) is 3. The maximum atomic E-state index is 5.65. The second kappa shape index (κ2) is 5.65. The van der Waals surface area contributed by atoms with Crippen molar-refractivity contribution in [2.24, 2.45) is 5.92 Å². The van der Waals surface area contributed by atoms with Gasteiger partial charge in [0.15, 0.2) is 0 Å². The molecule has 1 aliphatic rings. The van der Waals surface area contributed by atoms with Crippen molar-refractivity contribution in [1.29, 1.82) is 0 Å². The molecule has 1 aromatic rings. The fourth-order valence-corrected chi connectivity index (χ4v) is 2.78. The van der Waals surface area contributed by atoms with Crippen molar-refractivity contribution in [2.75, 3.05) is 5.73 Å². The first kappa shape index (κ1) is 13.3. The molecule has 0 aromatic carbocycles. The molecule has 0 unspecified atom stereocenters. The molecule has 0 radical (unpaired) electrons. The van der Waals surface area contributed by atoms with Crippen LogP contribution in [0.1, 0.15) is 51.3 Å². The molecule has 0 saturated heterocycles. The normalized spacial score (nSPS) is 17.1. The summed E-state index contributed by atoms with van der Waals surface area (Å²) in [6.07, 6.45) is 5.63. The minimum Gasteiger partial charge on any atom is -0.368 e. The Bertz CT molecular complexity index is 403. The van der Waals surface area contributed by atoms with Crippen molar-refractivity contribution in [3.8, 4) is 0 Å². The Kier molecular flexibility index (Phi) is 4.17. The Balaban J connectivity index is 2.07. The molecule has 2 rings (SSSR count). The van der Waals surface area contributed by atoms with E-state index in [-0.39, 0.29) is 0 Å². The van der Waals surface area contributed by atoms with Gasteiger partial charge in [0.25, 0.3) is 0 Å². The van der Waals surface area contributed by atoms with Crippen molar-refractivity contribution in [2.45, 2.75) is 59.2 Å². The molecule has 0 spiro atoms. The van der Waals surface area contributed by atoms with E-state index in [1.807, 2.05) is 6.20 Å². The van der Waals surface area contributed by atoms with Crippen LogP contribution in [-0.2, 0) is 13.1 Å². The van der Waals surface area contributed by atoms with Crippen LogP contribution in [0.5, 0.6) is 0 Å². The molecule has 4 nitrogen and oxygen atoms in total. The van der Waals surface area contributed by atoms with Crippen LogP contribution in [0.3, 0.4) is 0 Å². The zero-order valence-electron chi connectivity index (χ0n) is 11.7. The van der Waals surface area contributed by atoms with Crippen molar-refractivity contribution in [3.63, 3.8) is 0 Å². The molecule has 2 N–H and O–H groups in total. The van der Waals surface area contributed by atoms with E-state index < -0.39 is 0 Å². The predicted molar refractivity (Wildman–Crippen MR) is 73.8 cm³/mol. The van der Waals surface area contributed by atoms with E-state index in [2.05, 4.69) is 35.6 Å². The molecule has 1 aromatic heterocycles. The number of nitrogens with two attached hydrogens (primary N) is 1. The molecular weight excluding hydrogens is 224 g/mol. The number of hydrogen-bond acceptors (Lipinski definition) is 4. The Morgan fingerprint density at radius 2 is 2.17 bits per heavy atom. The zero-order valence-corrected chi connectivity index (χ0v) is 11.7. The lowest BCUT2D eigenvalue weighted by Crippen LogP contribution is -2.31. The first-order chi connectivity index (χ1) is 8.60. The van der Waals surface area contributed by atoms with Gasteiger partial charge in [0.05, 0.1) is 5.69 Å². The standard InChI is InChI=1S/C14H24N4/c1-4-5-12(6-10(2)3)18-8-11-7-16-14(15)17-13(11)9-18/h7,10,12H,4-6,8-9H2,1-3H3,(H2,15,16,17)/t12-/m1/s1. The summed E-state index contributed by atoms with van der Waals surface area (Å²) >= 11 is 0. The summed E-state index contributed by atoms with van der Waals surface area (Å²) in [6, 6.07) is 0.658. The van der Waals surface area contributed by atoms with E-state index in [1.54, 1.807) is 0 Å². The number of aromatic nitrogens is 2. The topological polar surface area (TPSA) is 55.0 Å². The fourth-order valence-electron chi connectivity index (χ4n) is 2.78. The third-order valence-corrected chi connectivity index (χ3v) is 3.58. The van der Waals surface area contributed by atoms with Crippen LogP contribution in [-0.4, -0.2) is 20.9 Å². The van der Waals surface area contributed by atoms with Gasteiger partial charge in [0, 0.05) is 30.9 Å². The molecule has 18 heavy (non-hydrogen) atoms. The first-order valence-electron chi connectivity index (χ1n) is 6.94. The van der Waals surface area contributed by atoms with E-state index in [0.29, 0.717) is 12.0 Å². The van der Waals surface area contributed by atoms with Crippen LogP contribution in [0, 0.1) is 5.92 Å². The molecule has 1 atom stereocenters. The van der Waals surface area contributed by atoms with Crippen molar-refractivity contribution in [3.05, 3.63) is 17.5 Å². The number of nitrogen functional groups attached to an aromatic ring is 1. The highest BCUT2D eigenvalue weighted by Gasteiger charge is 2.27. The van der Waals surface area contributed by atoms with Crippen LogP contribution in [0.15, 0.2) is 6.20 Å². The van der Waals surface area contributed by atoms with Gasteiger partial charge in [0.2, 0.25) is 5.95 Å². The lowest BCUT2D eigenvalue weighted by atomic mass is 9.99. The Morgan fingerprint density at radius 3 is 2.83 bits per heavy atom. The number of hydrogen-bond donors (Lipinski definition) is 1. The van der Waals surface area contributed by atoms with Crippen molar-refractivity contribution >= 4 is 5.95 Å². The van der Waals surface area contributed by atoms with Crippen LogP contribution in [0.4, 0.5) is 5.95 Å². The SMILES string of the molecule is CCC[C@H](CC(C)C)N1Cc2cnc(N)nc2C1. The van der Waals surface area contributed by atoms with Gasteiger partial charge in [0.1, 0.15) is 0 Å². The highest BCUT2D eigenvalue weighted by Crippen LogP contribution is 2.27. The molecule has 1 aliphatic heterocycles. The van der Waals surface area contributed by atoms with Gasteiger partial charge in [-0.2, -0.15) is 0 Å². The molecule has 4 heteroatoms. The third kappa shape index (κ3) is 2.99. The van der Waals surface area contributed by atoms with E-state index in [4.69, 9.17) is 5.73 Å². The quantitative estimate of drug-likeness (QED) is 0.870. The van der Waals surface area contributed by atoms with E-state index in [1.165, 1.54) is 24.8 Å². The predicted octanol–water partition coefficient (Wildman–Crippen LogP) is 2.59. The van der Waals surface area contributed by atoms with Gasteiger partial charge in [-0.1, -0.05) is 27.2 Å². The minimum absolute atomic E-state index is 0.395. The highest BCUT2D eigenvalue weighted by molar-refractivity contribution is 5.28. The van der Waals surface area contributed by atoms with Gasteiger partial charge in [-0.05, 0) is 18.8 Å². The van der Waals surface area contributed by atoms with Crippen molar-refractivity contribution < 1.29 is 0 Å². The first-order valence-corrected chi connectivity index (χ1v) is 6.94. The molecular formula is C14H24N4. The Hall–Kier alpha value is -1.16. The molecule has 0 bridgehead atoms. The van der Waals surface area contributed by atoms with Crippen LogP contribution < -0.4 is 5.73 Å². The second-order valence-corrected chi connectivity index (χ2v) is 5.68. The lowest BCUT2D eigenvalue weighted by Gasteiger charge is -2.28. The summed E-state index contributed by atoms with van der Waals surface area (Å²) in [5.41, 5.74) is 8.01. The average molecular weight is 248 g/mol. The summed E-state index contributed by atoms with van der Waals surface area (Å²) in [4.78, 5) is 11.0. The fraction of sp³-hybridized carbons (Fsp3) is 0.714. The Morgan fingerprint density at radius 1 is 1.39 bits per heavy atom. The number of anilines is 1. The van der Waals surface area contributed by atoms with E-state index in [9.17, 15) is 0 Å². The molecule has 0 amide bonds. The number of fused-ring (bicyclic) bond motifs is 1. The summed E-state index contributed by atoms with van der Waals surface area (Å²) in [6.45, 7) is 8.76. The average Bonchev–Trinajstić information content (AvgIpc) is 2.70. The summed E-state index contributed by atoms with van der Waals surface area (Å²) in [5.74, 6) is 1.13. The summed E-state index contributed by atoms with van der Waals surface area (Å²) < 4.78 is 0. The summed E-state index contributed by atoms with van der Waals surface area (Å²) in [5, 5.41) is 0. The van der Waals surface area contributed by atoms with E-state index in [0.717, 1.165) is 24.7 Å². The molecule has 100 valence electrons. The van der Waals surface area contributed by atoms with Crippen LogP contribution in [0.2, 0.25) is 0 Å². The highest BCUT2D eigenvalue weighted by atomic mass is 15.2. The maximum Gasteiger partial charge on any atom is 0.220 e. The largest absolute Gasteiger partial charge is 0.368 e. The third-order valence-electron chi connectivity index (χ3n) is 3.58. The lowest BCUT2D eigenvalue weighted by molar-refractivity contribution is 0.163. The van der Waals surface area contributed by atoms with Gasteiger partial charge in [-0.15, -0.1) is 0 Å². The van der Waals surface area contributed by atoms with Gasteiger partial charge in [-0.25, -0.2) is 9.97 Å². The van der Waals surface area contributed by atoms with Gasteiger partial charge in [-0.3, -0.25) is 4.90 Å². The maximum absolute atomic E-state index is 5.65. The molecule has 0 aliphatic carbocycles. The van der Waals surface area contributed by atoms with E-state index >= 15 is 0 Å². The molecule has 0 saturated carbocycles. The summed E-state index contributed by atoms with van der Waals surface area (Å²) in [7, 11) is 0. The molecule has 0 fully saturated rings. The zero-order chi connectivity index (χ0) is 13.1. The smallest absolute Gasteiger partial charge is 0.220 e. The number of rotatable bonds is 5. The van der Waals surface area contributed by atoms with Gasteiger partial charge >= 0.3 is 0 Å². The second-order valence-electron chi connectivity index (χ2n) is 5.68. The molecule has 2 heterocycles. The van der Waals surface area contributed by atoms with Crippen LogP contribution in [0.25, 0.3) is 0 Å². The Labute approximate surface area is 110 Å².